The number of rotatable bonds is 8. The van der Waals surface area contributed by atoms with Gasteiger partial charge in [-0.15, -0.1) is 11.3 Å². The summed E-state index contributed by atoms with van der Waals surface area (Å²) in [4.78, 5) is 1.42. The third-order valence-electron chi connectivity index (χ3n) is 3.04. The largest absolute Gasteiger partial charge is 0.379 e. The van der Waals surface area contributed by atoms with Crippen LogP contribution in [0.1, 0.15) is 38.5 Å². The lowest BCUT2D eigenvalue weighted by atomic mass is 9.96. The smallest absolute Gasteiger partial charge is 0.0637 e. The molecule has 0 saturated carbocycles. The van der Waals surface area contributed by atoms with Gasteiger partial charge in [0.15, 0.2) is 0 Å². The fourth-order valence-corrected chi connectivity index (χ4v) is 3.48. The topological polar surface area (TPSA) is 21.3 Å². The molecule has 1 N–H and O–H groups in total. The number of methoxy groups -OCH3 is 1. The fourth-order valence-electron chi connectivity index (χ4n) is 1.95. The summed E-state index contributed by atoms with van der Waals surface area (Å²) in [5, 5.41) is 5.78. The molecule has 0 aliphatic heterocycles. The maximum Gasteiger partial charge on any atom is 0.0637 e. The standard InChI is InChI=1S/C14H24BrNOS/c1-5-6-16-12(9-14(2,3)17-4)8-13-7-11(15)10-18-13/h7,10,12,16H,5-6,8-9H2,1-4H3. The van der Waals surface area contributed by atoms with Crippen LogP contribution in [0, 0.1) is 0 Å². The van der Waals surface area contributed by atoms with Gasteiger partial charge >= 0.3 is 0 Å². The van der Waals surface area contributed by atoms with Gasteiger partial charge in [0.1, 0.15) is 0 Å². The summed E-state index contributed by atoms with van der Waals surface area (Å²) < 4.78 is 6.73. The molecule has 1 aromatic heterocycles. The second-order valence-corrected chi connectivity index (χ2v) is 7.17. The van der Waals surface area contributed by atoms with E-state index in [4.69, 9.17) is 4.74 Å². The molecule has 1 atom stereocenters. The van der Waals surface area contributed by atoms with E-state index >= 15 is 0 Å². The van der Waals surface area contributed by atoms with Gasteiger partial charge in [-0.25, -0.2) is 0 Å². The van der Waals surface area contributed by atoms with Gasteiger partial charge in [-0.1, -0.05) is 6.92 Å². The van der Waals surface area contributed by atoms with Gasteiger partial charge in [0.25, 0.3) is 0 Å². The Hall–Kier alpha value is 0.1000. The minimum absolute atomic E-state index is 0.0695. The summed E-state index contributed by atoms with van der Waals surface area (Å²) >= 11 is 5.33. The van der Waals surface area contributed by atoms with Gasteiger partial charge in [-0.05, 0) is 61.7 Å². The first-order valence-electron chi connectivity index (χ1n) is 6.48. The molecular weight excluding hydrogens is 310 g/mol. The van der Waals surface area contributed by atoms with E-state index in [1.54, 1.807) is 7.11 Å². The first kappa shape index (κ1) is 16.2. The summed E-state index contributed by atoms with van der Waals surface area (Å²) in [5.41, 5.74) is -0.0695. The molecule has 1 unspecified atom stereocenters. The summed E-state index contributed by atoms with van der Waals surface area (Å²) in [5.74, 6) is 0. The van der Waals surface area contributed by atoms with Gasteiger partial charge < -0.3 is 10.1 Å². The Bertz CT molecular complexity index is 351. The fraction of sp³-hybridized carbons (Fsp3) is 0.714. The van der Waals surface area contributed by atoms with E-state index in [0.717, 1.165) is 25.8 Å². The van der Waals surface area contributed by atoms with Crippen LogP contribution in [0.25, 0.3) is 0 Å². The van der Waals surface area contributed by atoms with Gasteiger partial charge in [0.05, 0.1) is 5.60 Å². The maximum atomic E-state index is 5.55. The molecule has 0 saturated heterocycles. The second-order valence-electron chi connectivity index (χ2n) is 5.25. The third kappa shape index (κ3) is 5.83. The molecule has 4 heteroatoms. The molecule has 1 rings (SSSR count). The predicted molar refractivity (Wildman–Crippen MR) is 83.5 cm³/mol. The zero-order valence-corrected chi connectivity index (χ0v) is 14.2. The Morgan fingerprint density at radius 1 is 1.50 bits per heavy atom. The van der Waals surface area contributed by atoms with E-state index in [-0.39, 0.29) is 5.60 Å². The Balaban J connectivity index is 2.60. The van der Waals surface area contributed by atoms with Crippen molar-refractivity contribution in [3.63, 3.8) is 0 Å². The highest BCUT2D eigenvalue weighted by atomic mass is 79.9. The molecule has 0 spiro atoms. The number of halogens is 1. The highest BCUT2D eigenvalue weighted by Crippen LogP contribution is 2.24. The summed E-state index contributed by atoms with van der Waals surface area (Å²) in [6.45, 7) is 7.57. The SMILES string of the molecule is CCCNC(Cc1cc(Br)cs1)CC(C)(C)OC. The molecule has 0 aliphatic carbocycles. The molecule has 0 radical (unpaired) electrons. The quantitative estimate of drug-likeness (QED) is 0.768. The minimum Gasteiger partial charge on any atom is -0.379 e. The molecule has 18 heavy (non-hydrogen) atoms. The highest BCUT2D eigenvalue weighted by molar-refractivity contribution is 9.10. The molecule has 0 bridgehead atoms. The van der Waals surface area contributed by atoms with E-state index < -0.39 is 0 Å². The zero-order chi connectivity index (χ0) is 13.6. The number of ether oxygens (including phenoxy) is 1. The Kier molecular flexibility index (Phi) is 6.85. The predicted octanol–water partition coefficient (Wildman–Crippen LogP) is 4.24. The second kappa shape index (κ2) is 7.63. The van der Waals surface area contributed by atoms with Crippen LogP contribution in [-0.2, 0) is 11.2 Å². The van der Waals surface area contributed by atoms with Crippen molar-refractivity contribution >= 4 is 27.3 Å². The van der Waals surface area contributed by atoms with E-state index in [0.29, 0.717) is 6.04 Å². The average Bonchev–Trinajstić information content (AvgIpc) is 2.71. The molecule has 0 amide bonds. The Morgan fingerprint density at radius 2 is 2.22 bits per heavy atom. The summed E-state index contributed by atoms with van der Waals surface area (Å²) in [6.07, 6.45) is 3.26. The van der Waals surface area contributed by atoms with Crippen LogP contribution in [-0.4, -0.2) is 25.3 Å². The van der Waals surface area contributed by atoms with E-state index in [1.165, 1.54) is 9.35 Å². The summed E-state index contributed by atoms with van der Waals surface area (Å²) in [6, 6.07) is 2.69. The lowest BCUT2D eigenvalue weighted by molar-refractivity contribution is 0.00720. The van der Waals surface area contributed by atoms with Gasteiger partial charge in [-0.3, -0.25) is 0 Å². The van der Waals surface area contributed by atoms with Crippen molar-refractivity contribution in [1.29, 1.82) is 0 Å². The lowest BCUT2D eigenvalue weighted by Crippen LogP contribution is -2.39. The first-order chi connectivity index (χ1) is 8.46. The van der Waals surface area contributed by atoms with Crippen LogP contribution >= 0.6 is 27.3 Å². The molecule has 1 heterocycles. The molecule has 0 fully saturated rings. The first-order valence-corrected chi connectivity index (χ1v) is 8.15. The van der Waals surface area contributed by atoms with Crippen molar-refractivity contribution in [2.75, 3.05) is 13.7 Å². The van der Waals surface area contributed by atoms with Crippen molar-refractivity contribution in [2.45, 2.75) is 51.7 Å². The molecule has 0 aliphatic rings. The van der Waals surface area contributed by atoms with Gasteiger partial charge in [0, 0.05) is 27.9 Å². The molecule has 1 aromatic rings. The van der Waals surface area contributed by atoms with Crippen molar-refractivity contribution in [2.24, 2.45) is 0 Å². The minimum atomic E-state index is -0.0695. The Labute approximate surface area is 123 Å². The van der Waals surface area contributed by atoms with Gasteiger partial charge in [-0.2, -0.15) is 0 Å². The Morgan fingerprint density at radius 3 is 2.72 bits per heavy atom. The van der Waals surface area contributed by atoms with Crippen LogP contribution in [0.3, 0.4) is 0 Å². The van der Waals surface area contributed by atoms with Crippen LogP contribution in [0.4, 0.5) is 0 Å². The van der Waals surface area contributed by atoms with Crippen LogP contribution in [0.2, 0.25) is 0 Å². The van der Waals surface area contributed by atoms with E-state index in [2.05, 4.69) is 53.5 Å². The number of thiophene rings is 1. The van der Waals surface area contributed by atoms with Crippen LogP contribution < -0.4 is 5.32 Å². The normalized spacial score (nSPS) is 13.8. The summed E-state index contributed by atoms with van der Waals surface area (Å²) in [7, 11) is 1.79. The number of hydrogen-bond donors (Lipinski definition) is 1. The zero-order valence-electron chi connectivity index (χ0n) is 11.8. The molecule has 0 aromatic carbocycles. The van der Waals surface area contributed by atoms with Crippen molar-refractivity contribution in [1.82, 2.24) is 5.32 Å². The van der Waals surface area contributed by atoms with E-state index in [1.807, 2.05) is 11.3 Å². The van der Waals surface area contributed by atoms with E-state index in [9.17, 15) is 0 Å². The monoisotopic (exact) mass is 333 g/mol. The number of nitrogens with one attached hydrogen (secondary N) is 1. The molecule has 104 valence electrons. The van der Waals surface area contributed by atoms with Crippen molar-refractivity contribution < 1.29 is 4.74 Å². The maximum absolute atomic E-state index is 5.55. The molecule has 2 nitrogen and oxygen atoms in total. The molecular formula is C14H24BrNOS. The van der Waals surface area contributed by atoms with Crippen molar-refractivity contribution in [3.8, 4) is 0 Å². The van der Waals surface area contributed by atoms with Crippen molar-refractivity contribution in [3.05, 3.63) is 20.8 Å². The van der Waals surface area contributed by atoms with Gasteiger partial charge in [0.2, 0.25) is 0 Å². The average molecular weight is 334 g/mol. The van der Waals surface area contributed by atoms with Crippen LogP contribution in [0.15, 0.2) is 15.9 Å². The number of hydrogen-bond acceptors (Lipinski definition) is 3. The lowest BCUT2D eigenvalue weighted by Gasteiger charge is -2.29. The third-order valence-corrected chi connectivity index (χ3v) is 4.76. The van der Waals surface area contributed by atoms with Crippen LogP contribution in [0.5, 0.6) is 0 Å². The highest BCUT2D eigenvalue weighted by Gasteiger charge is 2.23.